The Balaban J connectivity index is 1.90. The van der Waals surface area contributed by atoms with Crippen LogP contribution in [0, 0.1) is 6.92 Å². The van der Waals surface area contributed by atoms with Gasteiger partial charge in [0.15, 0.2) is 5.11 Å². The molecule has 1 N–H and O–H groups in total. The highest BCUT2D eigenvalue weighted by Crippen LogP contribution is 2.26. The fraction of sp³-hybridized carbons (Fsp3) is 0.158. The number of aryl methyl sites for hydroxylation is 1. The minimum Gasteiger partial charge on any atom is -0.328 e. The van der Waals surface area contributed by atoms with Gasteiger partial charge in [0.05, 0.1) is 6.04 Å². The van der Waals surface area contributed by atoms with E-state index in [1.165, 1.54) is 0 Å². The average Bonchev–Trinajstić information content (AvgIpc) is 2.84. The van der Waals surface area contributed by atoms with E-state index in [0.717, 1.165) is 16.7 Å². The van der Waals surface area contributed by atoms with Crippen LogP contribution in [-0.2, 0) is 4.79 Å². The quantitative estimate of drug-likeness (QED) is 0.689. The number of carbonyl (C=O) groups excluding carboxylic acids is 1. The Morgan fingerprint density at radius 1 is 1.09 bits per heavy atom. The molecule has 1 fully saturated rings. The van der Waals surface area contributed by atoms with Gasteiger partial charge in [0.2, 0.25) is 0 Å². The Morgan fingerprint density at radius 2 is 1.74 bits per heavy atom. The maximum atomic E-state index is 12.8. The van der Waals surface area contributed by atoms with Crippen LogP contribution in [0.4, 0.5) is 0 Å². The fourth-order valence-corrected chi connectivity index (χ4v) is 3.04. The molecule has 1 atom stereocenters. The van der Waals surface area contributed by atoms with Crippen molar-refractivity contribution in [3.05, 3.63) is 77.0 Å². The number of nitrogens with zero attached hydrogens (tertiary/aromatic N) is 1. The topological polar surface area (TPSA) is 32.3 Å². The molecule has 3 rings (SSSR count). The Hall–Kier alpha value is -2.46. The van der Waals surface area contributed by atoms with Crippen molar-refractivity contribution in [2.75, 3.05) is 0 Å². The summed E-state index contributed by atoms with van der Waals surface area (Å²) in [4.78, 5) is 14.4. The first-order valence-electron chi connectivity index (χ1n) is 7.55. The maximum Gasteiger partial charge on any atom is 0.277 e. The summed E-state index contributed by atoms with van der Waals surface area (Å²) < 4.78 is 0. The van der Waals surface area contributed by atoms with Crippen LogP contribution in [0.1, 0.15) is 29.7 Å². The molecule has 2 aromatic carbocycles. The molecule has 3 nitrogen and oxygen atoms in total. The summed E-state index contributed by atoms with van der Waals surface area (Å²) in [7, 11) is 0. The molecule has 1 unspecified atom stereocenters. The molecule has 2 aromatic rings. The van der Waals surface area contributed by atoms with E-state index in [1.54, 1.807) is 4.90 Å². The van der Waals surface area contributed by atoms with Gasteiger partial charge in [-0.15, -0.1) is 0 Å². The standard InChI is InChI=1S/C19H18N2OS/c1-13-8-6-7-11-16(13)12-17-18(22)21(19(23)20-17)14(2)15-9-4-3-5-10-15/h3-12,14H,1-2H3,(H,20,23)/b17-12-. The number of carbonyl (C=O) groups is 1. The zero-order chi connectivity index (χ0) is 16.4. The van der Waals surface area contributed by atoms with Gasteiger partial charge in [0, 0.05) is 0 Å². The number of rotatable bonds is 3. The van der Waals surface area contributed by atoms with Crippen molar-refractivity contribution in [3.8, 4) is 0 Å². The van der Waals surface area contributed by atoms with E-state index in [9.17, 15) is 4.79 Å². The SMILES string of the molecule is Cc1ccccc1/C=C1\NC(=S)N(C(C)c2ccccc2)C1=O. The molecule has 0 saturated carbocycles. The zero-order valence-electron chi connectivity index (χ0n) is 13.1. The van der Waals surface area contributed by atoms with Crippen LogP contribution in [-0.4, -0.2) is 15.9 Å². The summed E-state index contributed by atoms with van der Waals surface area (Å²) in [5.74, 6) is -0.0883. The highest BCUT2D eigenvalue weighted by molar-refractivity contribution is 7.80. The molecule has 1 aliphatic heterocycles. The average molecular weight is 322 g/mol. The van der Waals surface area contributed by atoms with Crippen molar-refractivity contribution < 1.29 is 4.79 Å². The lowest BCUT2D eigenvalue weighted by Crippen LogP contribution is -2.33. The summed E-state index contributed by atoms with van der Waals surface area (Å²) in [6.07, 6.45) is 1.86. The zero-order valence-corrected chi connectivity index (χ0v) is 13.9. The van der Waals surface area contributed by atoms with Crippen LogP contribution in [0.15, 0.2) is 60.3 Å². The highest BCUT2D eigenvalue weighted by atomic mass is 32.1. The summed E-state index contributed by atoms with van der Waals surface area (Å²) in [6.45, 7) is 4.01. The van der Waals surface area contributed by atoms with Crippen LogP contribution >= 0.6 is 12.2 Å². The molecule has 4 heteroatoms. The third-order valence-electron chi connectivity index (χ3n) is 4.07. The molecular formula is C19H18N2OS. The van der Waals surface area contributed by atoms with E-state index in [2.05, 4.69) is 5.32 Å². The number of amides is 1. The van der Waals surface area contributed by atoms with Crippen molar-refractivity contribution in [1.82, 2.24) is 10.2 Å². The molecule has 0 spiro atoms. The molecular weight excluding hydrogens is 304 g/mol. The highest BCUT2D eigenvalue weighted by Gasteiger charge is 2.34. The van der Waals surface area contributed by atoms with Gasteiger partial charge in [-0.05, 0) is 48.8 Å². The first-order chi connectivity index (χ1) is 11.1. The molecule has 0 aromatic heterocycles. The first-order valence-corrected chi connectivity index (χ1v) is 7.95. The number of hydrogen-bond donors (Lipinski definition) is 1. The Labute approximate surface area is 141 Å². The van der Waals surface area contributed by atoms with E-state index in [1.807, 2.05) is 74.5 Å². The largest absolute Gasteiger partial charge is 0.328 e. The molecule has 0 bridgehead atoms. The number of nitrogens with one attached hydrogen (secondary N) is 1. The van der Waals surface area contributed by atoms with Crippen LogP contribution < -0.4 is 5.32 Å². The van der Waals surface area contributed by atoms with Gasteiger partial charge in [0.25, 0.3) is 5.91 Å². The smallest absolute Gasteiger partial charge is 0.277 e. The second kappa shape index (κ2) is 6.34. The molecule has 116 valence electrons. The maximum absolute atomic E-state index is 12.8. The number of hydrogen-bond acceptors (Lipinski definition) is 2. The van der Waals surface area contributed by atoms with Gasteiger partial charge in [-0.3, -0.25) is 9.69 Å². The van der Waals surface area contributed by atoms with Crippen molar-refractivity contribution in [2.24, 2.45) is 0 Å². The molecule has 1 amide bonds. The minimum absolute atomic E-state index is 0.0883. The second-order valence-corrected chi connectivity index (χ2v) is 5.99. The van der Waals surface area contributed by atoms with Crippen molar-refractivity contribution in [3.63, 3.8) is 0 Å². The van der Waals surface area contributed by atoms with Crippen molar-refractivity contribution in [1.29, 1.82) is 0 Å². The molecule has 0 aliphatic carbocycles. The van der Waals surface area contributed by atoms with Gasteiger partial charge < -0.3 is 5.32 Å². The Morgan fingerprint density at radius 3 is 2.43 bits per heavy atom. The van der Waals surface area contributed by atoms with E-state index in [-0.39, 0.29) is 11.9 Å². The Bertz CT molecular complexity index is 783. The Kier molecular flexibility index (Phi) is 4.26. The van der Waals surface area contributed by atoms with Crippen molar-refractivity contribution in [2.45, 2.75) is 19.9 Å². The normalized spacial score (nSPS) is 17.5. The summed E-state index contributed by atoms with van der Waals surface area (Å²) >= 11 is 5.37. The third kappa shape index (κ3) is 3.03. The fourth-order valence-electron chi connectivity index (χ4n) is 2.69. The second-order valence-electron chi connectivity index (χ2n) is 5.61. The third-order valence-corrected chi connectivity index (χ3v) is 4.37. The minimum atomic E-state index is -0.105. The van der Waals surface area contributed by atoms with Gasteiger partial charge in [0.1, 0.15) is 5.70 Å². The lowest BCUT2D eigenvalue weighted by Gasteiger charge is -2.23. The number of thiocarbonyl (C=S) groups is 1. The van der Waals surface area contributed by atoms with Crippen LogP contribution in [0.3, 0.4) is 0 Å². The van der Waals surface area contributed by atoms with Gasteiger partial charge in [-0.2, -0.15) is 0 Å². The van der Waals surface area contributed by atoms with E-state index >= 15 is 0 Å². The first kappa shape index (κ1) is 15.4. The van der Waals surface area contributed by atoms with Crippen LogP contribution in [0.25, 0.3) is 6.08 Å². The summed E-state index contributed by atoms with van der Waals surface area (Å²) in [5, 5.41) is 3.50. The van der Waals surface area contributed by atoms with Gasteiger partial charge in [-0.25, -0.2) is 0 Å². The predicted octanol–water partition coefficient (Wildman–Crippen LogP) is 3.81. The van der Waals surface area contributed by atoms with Crippen molar-refractivity contribution >= 4 is 29.3 Å². The molecule has 0 radical (unpaired) electrons. The van der Waals surface area contributed by atoms with Crippen LogP contribution in [0.2, 0.25) is 0 Å². The lowest BCUT2D eigenvalue weighted by atomic mass is 10.1. The molecule has 1 heterocycles. The molecule has 1 saturated heterocycles. The summed E-state index contributed by atoms with van der Waals surface area (Å²) in [6, 6.07) is 17.7. The van der Waals surface area contributed by atoms with Gasteiger partial charge in [-0.1, -0.05) is 54.6 Å². The molecule has 23 heavy (non-hydrogen) atoms. The summed E-state index contributed by atoms with van der Waals surface area (Å²) in [5.41, 5.74) is 3.71. The van der Waals surface area contributed by atoms with E-state index in [0.29, 0.717) is 10.8 Å². The molecule has 1 aliphatic rings. The number of benzene rings is 2. The van der Waals surface area contributed by atoms with E-state index in [4.69, 9.17) is 12.2 Å². The monoisotopic (exact) mass is 322 g/mol. The van der Waals surface area contributed by atoms with E-state index < -0.39 is 0 Å². The van der Waals surface area contributed by atoms with Gasteiger partial charge >= 0.3 is 0 Å². The predicted molar refractivity (Wildman–Crippen MR) is 96.6 cm³/mol. The van der Waals surface area contributed by atoms with Crippen LogP contribution in [0.5, 0.6) is 0 Å². The lowest BCUT2D eigenvalue weighted by molar-refractivity contribution is -0.123.